The Kier molecular flexibility index (Phi) is 2.03. The van der Waals surface area contributed by atoms with Crippen molar-refractivity contribution < 1.29 is 0 Å². The van der Waals surface area contributed by atoms with Crippen LogP contribution in [0.3, 0.4) is 0 Å². The molecule has 4 saturated carbocycles. The van der Waals surface area contributed by atoms with Gasteiger partial charge in [0.15, 0.2) is 0 Å². The van der Waals surface area contributed by atoms with Crippen molar-refractivity contribution in [1.29, 1.82) is 0 Å². The summed E-state index contributed by atoms with van der Waals surface area (Å²) in [4.78, 5) is 0. The van der Waals surface area contributed by atoms with Gasteiger partial charge in [0, 0.05) is 5.54 Å². The summed E-state index contributed by atoms with van der Waals surface area (Å²) in [5, 5.41) is 3.56. The fourth-order valence-electron chi connectivity index (χ4n) is 4.42. The van der Waals surface area contributed by atoms with Gasteiger partial charge in [-0.15, -0.1) is 0 Å². The van der Waals surface area contributed by atoms with Gasteiger partial charge >= 0.3 is 0 Å². The van der Waals surface area contributed by atoms with E-state index in [-0.39, 0.29) is 0 Å². The molecule has 15 heavy (non-hydrogen) atoms. The lowest BCUT2D eigenvalue weighted by atomic mass is 9.45. The molecule has 0 aromatic rings. The van der Waals surface area contributed by atoms with Crippen LogP contribution in [0.5, 0.6) is 0 Å². The maximum absolute atomic E-state index is 3.56. The third kappa shape index (κ3) is 1.39. The molecule has 3 atom stereocenters. The molecule has 0 aliphatic heterocycles. The summed E-state index contributed by atoms with van der Waals surface area (Å²) in [5.74, 6) is 3.13. The monoisotopic (exact) mass is 207 g/mol. The van der Waals surface area contributed by atoms with E-state index in [1.165, 1.54) is 38.5 Å². The molecule has 0 saturated heterocycles. The van der Waals surface area contributed by atoms with Crippen LogP contribution in [0.4, 0.5) is 0 Å². The van der Waals surface area contributed by atoms with Gasteiger partial charge in [-0.25, -0.2) is 0 Å². The van der Waals surface area contributed by atoms with Crippen LogP contribution in [0.25, 0.3) is 0 Å². The number of hydrogen-bond donors (Lipinski definition) is 1. The molecule has 86 valence electrons. The first-order chi connectivity index (χ1) is 7.07. The van der Waals surface area contributed by atoms with Gasteiger partial charge in [-0.3, -0.25) is 0 Å². The first kappa shape index (κ1) is 10.1. The molecular formula is C14H25N. The van der Waals surface area contributed by atoms with Crippen molar-refractivity contribution >= 4 is 0 Å². The van der Waals surface area contributed by atoms with Crippen LogP contribution in [-0.4, -0.2) is 12.6 Å². The van der Waals surface area contributed by atoms with Crippen LogP contribution in [0.1, 0.15) is 52.4 Å². The van der Waals surface area contributed by atoms with E-state index in [0.717, 1.165) is 17.8 Å². The van der Waals surface area contributed by atoms with Crippen molar-refractivity contribution in [3.63, 3.8) is 0 Å². The van der Waals surface area contributed by atoms with Gasteiger partial charge in [-0.05, 0) is 68.7 Å². The Balaban J connectivity index is 1.67. The highest BCUT2D eigenvalue weighted by Crippen LogP contribution is 2.63. The largest absolute Gasteiger partial charge is 0.314 e. The van der Waals surface area contributed by atoms with Crippen molar-refractivity contribution in [3.05, 3.63) is 0 Å². The second kappa shape index (κ2) is 3.00. The van der Waals surface area contributed by atoms with E-state index in [0.29, 0.717) is 11.0 Å². The molecule has 4 aliphatic rings. The SMILES string of the molecule is CNC1(CC2CCC3CC2C3(C)C)CC1. The van der Waals surface area contributed by atoms with Crippen molar-refractivity contribution in [2.45, 2.75) is 57.9 Å². The molecule has 0 spiro atoms. The summed E-state index contributed by atoms with van der Waals surface area (Å²) in [6, 6.07) is 0. The third-order valence-electron chi connectivity index (χ3n) is 6.04. The minimum Gasteiger partial charge on any atom is -0.314 e. The number of fused-ring (bicyclic) bond motifs is 2. The average Bonchev–Trinajstić information content (AvgIpc) is 2.98. The molecule has 1 heteroatoms. The molecule has 1 N–H and O–H groups in total. The molecule has 0 amide bonds. The molecule has 0 radical (unpaired) electrons. The fraction of sp³-hybridized carbons (Fsp3) is 1.00. The van der Waals surface area contributed by atoms with E-state index in [1.54, 1.807) is 0 Å². The normalized spacial score (nSPS) is 44.6. The van der Waals surface area contributed by atoms with E-state index >= 15 is 0 Å². The predicted octanol–water partition coefficient (Wildman–Crippen LogP) is 3.20. The first-order valence-corrected chi connectivity index (χ1v) is 6.76. The van der Waals surface area contributed by atoms with Gasteiger partial charge in [0.25, 0.3) is 0 Å². The van der Waals surface area contributed by atoms with Crippen LogP contribution in [0, 0.1) is 23.2 Å². The molecule has 2 bridgehead atoms. The Labute approximate surface area is 94.0 Å². The minimum absolute atomic E-state index is 0.573. The van der Waals surface area contributed by atoms with Crippen LogP contribution in [0.2, 0.25) is 0 Å². The zero-order valence-electron chi connectivity index (χ0n) is 10.5. The number of hydrogen-bond acceptors (Lipinski definition) is 1. The van der Waals surface area contributed by atoms with Crippen molar-refractivity contribution in [3.8, 4) is 0 Å². The zero-order valence-corrected chi connectivity index (χ0v) is 10.5. The first-order valence-electron chi connectivity index (χ1n) is 6.76. The standard InChI is InChI=1S/C14H25N/c1-13(2)11-5-4-10(12(13)8-11)9-14(15-3)6-7-14/h10-12,15H,4-9H2,1-3H3. The van der Waals surface area contributed by atoms with Crippen molar-refractivity contribution in [1.82, 2.24) is 5.32 Å². The number of nitrogens with one attached hydrogen (secondary N) is 1. The predicted molar refractivity (Wildman–Crippen MR) is 63.7 cm³/mol. The topological polar surface area (TPSA) is 12.0 Å². The average molecular weight is 207 g/mol. The maximum Gasteiger partial charge on any atom is 0.0182 e. The van der Waals surface area contributed by atoms with Crippen LogP contribution < -0.4 is 5.32 Å². The molecule has 3 unspecified atom stereocenters. The Morgan fingerprint density at radius 3 is 2.40 bits per heavy atom. The van der Waals surface area contributed by atoms with Gasteiger partial charge in [-0.2, -0.15) is 0 Å². The summed E-state index contributed by atoms with van der Waals surface area (Å²) in [5.41, 5.74) is 1.25. The Hall–Kier alpha value is -0.0400. The van der Waals surface area contributed by atoms with Crippen LogP contribution in [0.15, 0.2) is 0 Å². The highest BCUT2D eigenvalue weighted by Gasteiger charge is 2.56. The number of rotatable bonds is 3. The summed E-state index contributed by atoms with van der Waals surface area (Å²) in [7, 11) is 2.16. The summed E-state index contributed by atoms with van der Waals surface area (Å²) in [6.45, 7) is 5.02. The smallest absolute Gasteiger partial charge is 0.0182 e. The fourth-order valence-corrected chi connectivity index (χ4v) is 4.42. The molecule has 1 nitrogen and oxygen atoms in total. The second-order valence-corrected chi connectivity index (χ2v) is 6.93. The van der Waals surface area contributed by atoms with Gasteiger partial charge < -0.3 is 5.32 Å². The molecular weight excluding hydrogens is 182 g/mol. The highest BCUT2D eigenvalue weighted by molar-refractivity contribution is 5.09. The van der Waals surface area contributed by atoms with Crippen molar-refractivity contribution in [2.24, 2.45) is 23.2 Å². The van der Waals surface area contributed by atoms with Gasteiger partial charge in [0.2, 0.25) is 0 Å². The van der Waals surface area contributed by atoms with Gasteiger partial charge in [0.05, 0.1) is 0 Å². The summed E-state index contributed by atoms with van der Waals surface area (Å²) in [6.07, 6.45) is 8.88. The maximum atomic E-state index is 3.56. The Morgan fingerprint density at radius 2 is 1.93 bits per heavy atom. The van der Waals surface area contributed by atoms with E-state index in [2.05, 4.69) is 26.2 Å². The van der Waals surface area contributed by atoms with Crippen LogP contribution >= 0.6 is 0 Å². The second-order valence-electron chi connectivity index (χ2n) is 6.93. The van der Waals surface area contributed by atoms with E-state index in [9.17, 15) is 0 Å². The van der Waals surface area contributed by atoms with Crippen LogP contribution in [-0.2, 0) is 0 Å². The lowest BCUT2D eigenvalue weighted by Gasteiger charge is -2.60. The molecule has 4 aliphatic carbocycles. The molecule has 0 aromatic carbocycles. The minimum atomic E-state index is 0.573. The Morgan fingerprint density at radius 1 is 1.20 bits per heavy atom. The lowest BCUT2D eigenvalue weighted by Crippen LogP contribution is -2.53. The summed E-state index contributed by atoms with van der Waals surface area (Å²) >= 11 is 0. The lowest BCUT2D eigenvalue weighted by molar-refractivity contribution is -0.109. The molecule has 4 rings (SSSR count). The molecule has 0 heterocycles. The highest BCUT2D eigenvalue weighted by atomic mass is 15.0. The van der Waals surface area contributed by atoms with E-state index in [1.807, 2.05) is 0 Å². The molecule has 4 fully saturated rings. The molecule has 0 aromatic heterocycles. The van der Waals surface area contributed by atoms with E-state index in [4.69, 9.17) is 0 Å². The van der Waals surface area contributed by atoms with E-state index < -0.39 is 0 Å². The third-order valence-corrected chi connectivity index (χ3v) is 6.04. The Bertz CT molecular complexity index is 263. The van der Waals surface area contributed by atoms with Gasteiger partial charge in [0.1, 0.15) is 0 Å². The van der Waals surface area contributed by atoms with Crippen molar-refractivity contribution in [2.75, 3.05) is 7.05 Å². The quantitative estimate of drug-likeness (QED) is 0.749. The zero-order chi connectivity index (χ0) is 10.7. The van der Waals surface area contributed by atoms with Gasteiger partial charge in [-0.1, -0.05) is 13.8 Å². The summed E-state index contributed by atoms with van der Waals surface area (Å²) < 4.78 is 0.